The fourth-order valence-electron chi connectivity index (χ4n) is 10.8. The van der Waals surface area contributed by atoms with E-state index in [0.717, 1.165) is 21.7 Å². The molecule has 0 unspecified atom stereocenters. The first-order valence-electron chi connectivity index (χ1n) is 23.5. The van der Waals surface area contributed by atoms with Gasteiger partial charge in [-0.3, -0.25) is 19.3 Å². The van der Waals surface area contributed by atoms with E-state index in [9.17, 15) is 9.90 Å². The van der Waals surface area contributed by atoms with Crippen molar-refractivity contribution in [2.75, 3.05) is 48.0 Å². The molecule has 6 N–H and O–H groups in total. The number of esters is 1. The van der Waals surface area contributed by atoms with Crippen molar-refractivity contribution in [1.29, 1.82) is 0 Å². The molecular weight excluding hydrogens is 899 g/mol. The van der Waals surface area contributed by atoms with Crippen molar-refractivity contribution >= 4 is 46.9 Å². The molecule has 71 heavy (non-hydrogen) atoms. The molecule has 15 nitrogen and oxygen atoms in total. The van der Waals surface area contributed by atoms with Gasteiger partial charge in [0.1, 0.15) is 23.3 Å². The second-order valence-corrected chi connectivity index (χ2v) is 18.0. The second-order valence-electron chi connectivity index (χ2n) is 18.0. The molecule has 10 rings (SSSR count). The number of nitrogens with two attached hydrogens (primary N) is 1. The summed E-state index contributed by atoms with van der Waals surface area (Å²) in [5.41, 5.74) is 8.09. The number of carbonyl (C=O) groups is 5. The number of rotatable bonds is 9. The van der Waals surface area contributed by atoms with E-state index in [1.807, 2.05) is 115 Å². The largest absolute Gasteiger partial charge is 0.508 e. The summed E-state index contributed by atoms with van der Waals surface area (Å²) in [5.74, 6) is 2.14. The summed E-state index contributed by atoms with van der Waals surface area (Å²) in [6, 6.07) is 41.2. The van der Waals surface area contributed by atoms with E-state index in [2.05, 4.69) is 32.7 Å². The Hall–Kier alpha value is -8.45. The summed E-state index contributed by atoms with van der Waals surface area (Å²) in [7, 11) is 0. The number of benzene rings is 6. The van der Waals surface area contributed by atoms with Crippen LogP contribution in [0.2, 0.25) is 0 Å². The summed E-state index contributed by atoms with van der Waals surface area (Å²) in [5, 5.41) is 19.4. The predicted molar refractivity (Wildman–Crippen MR) is 266 cm³/mol. The zero-order valence-corrected chi connectivity index (χ0v) is 38.7. The zero-order chi connectivity index (χ0) is 49.2. The first-order valence-corrected chi connectivity index (χ1v) is 23.5. The van der Waals surface area contributed by atoms with Gasteiger partial charge in [-0.2, -0.15) is 0 Å². The number of morpholine rings is 2. The van der Waals surface area contributed by atoms with E-state index in [1.54, 1.807) is 42.5 Å². The predicted octanol–water partition coefficient (Wildman–Crippen LogP) is 7.02. The van der Waals surface area contributed by atoms with Crippen molar-refractivity contribution in [3.63, 3.8) is 0 Å². The molecular formula is C56H51N7O8. The van der Waals surface area contributed by atoms with Gasteiger partial charge in [0.05, 0.1) is 49.5 Å². The van der Waals surface area contributed by atoms with Gasteiger partial charge in [-0.1, -0.05) is 115 Å². The Kier molecular flexibility index (Phi) is 12.7. The number of nitrogens with one attached hydrogen (secondary N) is 3. The van der Waals surface area contributed by atoms with Gasteiger partial charge >= 0.3 is 18.0 Å². The van der Waals surface area contributed by atoms with E-state index in [0.29, 0.717) is 48.7 Å². The maximum absolute atomic E-state index is 16.6. The van der Waals surface area contributed by atoms with Crippen molar-refractivity contribution in [1.82, 2.24) is 15.5 Å². The van der Waals surface area contributed by atoms with E-state index in [4.69, 9.17) is 15.2 Å². The van der Waals surface area contributed by atoms with Crippen molar-refractivity contribution < 1.29 is 38.6 Å². The van der Waals surface area contributed by atoms with Crippen LogP contribution in [0.5, 0.6) is 5.75 Å². The molecule has 4 aliphatic heterocycles. The molecule has 0 aliphatic carbocycles. The van der Waals surface area contributed by atoms with Crippen molar-refractivity contribution in [3.8, 4) is 17.6 Å². The third-order valence-electron chi connectivity index (χ3n) is 13.9. The minimum absolute atomic E-state index is 0.0526. The lowest BCUT2D eigenvalue weighted by atomic mass is 9.65. The monoisotopic (exact) mass is 949 g/mol. The number of hydrogen-bond acceptors (Lipinski definition) is 10. The Labute approximate surface area is 410 Å². The van der Waals surface area contributed by atoms with Gasteiger partial charge in [-0.15, -0.1) is 0 Å². The van der Waals surface area contributed by atoms with Gasteiger partial charge in [-0.25, -0.2) is 14.5 Å². The number of nitrogens with zero attached hydrogens (tertiary/aromatic N) is 3. The number of urea groups is 2. The SMILES string of the molecule is C[C@@H](NC(=O)N1C(=O)[C@@]2(c3cc(C#CCNC(N)=O)ccc31)[C@H](c1ccc(O)cc1)N1[C@H](c3ccccc3)[C@H](c3ccccc3)OC(=O)[C@H]1[C@@H]2C(=O)Nc1ccc(N2CCOCC2)cc1)c1ccccc1. The Morgan fingerprint density at radius 1 is 0.789 bits per heavy atom. The highest BCUT2D eigenvalue weighted by atomic mass is 16.6. The summed E-state index contributed by atoms with van der Waals surface area (Å²) in [6.07, 6.45) is -0.939. The molecule has 358 valence electrons. The topological polar surface area (TPSA) is 196 Å². The minimum atomic E-state index is -2.08. The average molecular weight is 950 g/mol. The zero-order valence-electron chi connectivity index (χ0n) is 38.7. The van der Waals surface area contributed by atoms with Crippen molar-refractivity contribution in [3.05, 3.63) is 191 Å². The third kappa shape index (κ3) is 8.57. The van der Waals surface area contributed by atoms with Gasteiger partial charge in [0, 0.05) is 30.0 Å². The number of aromatic hydroxyl groups is 1. The van der Waals surface area contributed by atoms with Crippen LogP contribution < -0.4 is 31.5 Å². The molecule has 0 aromatic heterocycles. The molecule has 4 aliphatic rings. The second kappa shape index (κ2) is 19.5. The van der Waals surface area contributed by atoms with Gasteiger partial charge < -0.3 is 41.2 Å². The van der Waals surface area contributed by atoms with Gasteiger partial charge in [-0.05, 0) is 89.3 Å². The van der Waals surface area contributed by atoms with Crippen LogP contribution in [0.4, 0.5) is 26.7 Å². The lowest BCUT2D eigenvalue weighted by Gasteiger charge is -2.46. The smallest absolute Gasteiger partial charge is 0.329 e. The highest BCUT2D eigenvalue weighted by Crippen LogP contribution is 2.66. The summed E-state index contributed by atoms with van der Waals surface area (Å²) in [6.45, 7) is 4.29. The number of ether oxygens (including phenoxy) is 2. The number of phenols is 1. The van der Waals surface area contributed by atoms with E-state index in [-0.39, 0.29) is 23.5 Å². The molecule has 0 radical (unpaired) electrons. The number of amides is 6. The Morgan fingerprint density at radius 2 is 1.44 bits per heavy atom. The molecule has 3 saturated heterocycles. The van der Waals surface area contributed by atoms with E-state index in [1.165, 1.54) is 12.1 Å². The lowest BCUT2D eigenvalue weighted by Crippen LogP contribution is -2.55. The molecule has 3 fully saturated rings. The quantitative estimate of drug-likeness (QED) is 0.0742. The maximum Gasteiger partial charge on any atom is 0.329 e. The molecule has 6 aromatic carbocycles. The third-order valence-corrected chi connectivity index (χ3v) is 13.9. The number of carbonyl (C=O) groups excluding carboxylic acids is 5. The number of phenolic OH excluding ortho intramolecular Hbond substituents is 1. The molecule has 15 heteroatoms. The first kappa shape index (κ1) is 46.3. The van der Waals surface area contributed by atoms with Crippen molar-refractivity contribution in [2.45, 2.75) is 42.6 Å². The Bertz CT molecular complexity index is 3030. The Morgan fingerprint density at radius 3 is 2.10 bits per heavy atom. The van der Waals surface area contributed by atoms with Gasteiger partial charge in [0.2, 0.25) is 11.8 Å². The fraction of sp³-hybridized carbons (Fsp3) is 0.232. The molecule has 4 heterocycles. The number of fused-ring (bicyclic) bond motifs is 3. The minimum Gasteiger partial charge on any atom is -0.508 e. The van der Waals surface area contributed by atoms with Crippen LogP contribution in [0.15, 0.2) is 158 Å². The number of primary amides is 1. The molecule has 6 amide bonds. The van der Waals surface area contributed by atoms with Crippen LogP contribution in [0.3, 0.4) is 0 Å². The molecule has 1 spiro atoms. The standard InChI is InChI=1S/C56H51N7O8/c1-35(37-13-5-2-6-14-37)59-55(69)62-45-28-19-36(12-11-29-58-54(57)68)34-44(45)56(53(62)67)46(51(65)60-41-22-24-42(25-23-41)61-30-32-70-33-31-61)48-52(66)71-49(39-17-9-4-10-18-39)47(38-15-7-3-8-16-38)63(48)50(56)40-20-26-43(64)27-21-40/h2-10,13-28,34-35,46-50,64H,29-33H2,1H3,(H,59,69)(H,60,65)(H3,57,58,68)/t35-,46-,47-,48-,49+,50+,56-/m1/s1. The molecule has 6 aromatic rings. The van der Waals surface area contributed by atoms with E-state index < -0.39 is 71.5 Å². The highest BCUT2D eigenvalue weighted by Gasteiger charge is 2.75. The number of anilines is 3. The normalized spacial score (nSPS) is 22.9. The lowest BCUT2D eigenvalue weighted by molar-refractivity contribution is -0.177. The number of hydrogen-bond donors (Lipinski definition) is 5. The van der Waals surface area contributed by atoms with Crippen LogP contribution >= 0.6 is 0 Å². The highest BCUT2D eigenvalue weighted by molar-refractivity contribution is 6.25. The number of imide groups is 1. The molecule has 0 bridgehead atoms. The van der Waals surface area contributed by atoms with Gasteiger partial charge in [0.15, 0.2) is 0 Å². The first-order chi connectivity index (χ1) is 34.5. The Balaban J connectivity index is 1.22. The van der Waals surface area contributed by atoms with Crippen molar-refractivity contribution in [2.24, 2.45) is 11.7 Å². The summed E-state index contributed by atoms with van der Waals surface area (Å²) in [4.78, 5) is 79.9. The molecule has 7 atom stereocenters. The van der Waals surface area contributed by atoms with Crippen LogP contribution in [-0.4, -0.2) is 78.7 Å². The van der Waals surface area contributed by atoms with E-state index >= 15 is 19.2 Å². The summed E-state index contributed by atoms with van der Waals surface area (Å²) < 4.78 is 12.2. The van der Waals surface area contributed by atoms with Crippen LogP contribution in [0.1, 0.15) is 64.5 Å². The average Bonchev–Trinajstić information content (AvgIpc) is 3.85. The summed E-state index contributed by atoms with van der Waals surface area (Å²) >= 11 is 0. The van der Waals surface area contributed by atoms with Crippen LogP contribution in [0, 0.1) is 17.8 Å². The number of cyclic esters (lactones) is 1. The molecule has 0 saturated carbocycles. The van der Waals surface area contributed by atoms with Gasteiger partial charge in [0.25, 0.3) is 0 Å². The fourth-order valence-corrected chi connectivity index (χ4v) is 10.8. The van der Waals surface area contributed by atoms with Crippen LogP contribution in [0.25, 0.3) is 0 Å². The maximum atomic E-state index is 16.6. The van der Waals surface area contributed by atoms with Crippen LogP contribution in [-0.2, 0) is 29.3 Å².